The molecule has 0 saturated heterocycles. The average molecular weight is 345 g/mol. The van der Waals surface area contributed by atoms with E-state index in [0.29, 0.717) is 6.04 Å². The molecule has 0 bridgehead atoms. The van der Waals surface area contributed by atoms with Crippen molar-refractivity contribution in [1.82, 2.24) is 15.1 Å². The third-order valence-corrected chi connectivity index (χ3v) is 4.95. The van der Waals surface area contributed by atoms with E-state index < -0.39 is 0 Å². The van der Waals surface area contributed by atoms with Crippen molar-refractivity contribution in [1.29, 1.82) is 0 Å². The van der Waals surface area contributed by atoms with Crippen LogP contribution in [0.25, 0.3) is 0 Å². The standard InChI is InChI=1S/C13H20IN3/c1-7(2)17-11(6-12(14)16-17)13-9-4-8(15-3)5-10(9)13/h6-10,13,15H,4-5H2,1-3H3/t8?,9-,10+,13+. The van der Waals surface area contributed by atoms with Crippen molar-refractivity contribution < 1.29 is 0 Å². The van der Waals surface area contributed by atoms with Crippen LogP contribution in [0.15, 0.2) is 6.07 Å². The first-order valence-corrected chi connectivity index (χ1v) is 7.62. The molecular formula is C13H20IN3. The Morgan fingerprint density at radius 2 is 2.06 bits per heavy atom. The highest BCUT2D eigenvalue weighted by Gasteiger charge is 2.57. The molecule has 94 valence electrons. The predicted octanol–water partition coefficient (Wildman–Crippen LogP) is 2.78. The smallest absolute Gasteiger partial charge is 0.123 e. The van der Waals surface area contributed by atoms with E-state index in [4.69, 9.17) is 0 Å². The monoisotopic (exact) mass is 345 g/mol. The normalized spacial score (nSPS) is 35.4. The van der Waals surface area contributed by atoms with Gasteiger partial charge in [-0.25, -0.2) is 0 Å². The molecule has 1 N–H and O–H groups in total. The van der Waals surface area contributed by atoms with E-state index in [1.54, 1.807) is 0 Å². The molecule has 2 fully saturated rings. The second-order valence-corrected chi connectivity index (χ2v) is 6.85. The maximum atomic E-state index is 4.63. The molecule has 17 heavy (non-hydrogen) atoms. The minimum Gasteiger partial charge on any atom is -0.317 e. The molecular weight excluding hydrogens is 325 g/mol. The summed E-state index contributed by atoms with van der Waals surface area (Å²) in [5, 5.41) is 8.04. The van der Waals surface area contributed by atoms with Gasteiger partial charge in [0.25, 0.3) is 0 Å². The van der Waals surface area contributed by atoms with E-state index >= 15 is 0 Å². The molecule has 2 aliphatic rings. The Morgan fingerprint density at radius 1 is 1.41 bits per heavy atom. The van der Waals surface area contributed by atoms with Crippen molar-refractivity contribution in [3.63, 3.8) is 0 Å². The molecule has 2 aliphatic carbocycles. The van der Waals surface area contributed by atoms with Gasteiger partial charge < -0.3 is 5.32 Å². The van der Waals surface area contributed by atoms with E-state index in [1.807, 2.05) is 0 Å². The number of hydrogen-bond acceptors (Lipinski definition) is 2. The summed E-state index contributed by atoms with van der Waals surface area (Å²) in [7, 11) is 2.09. The van der Waals surface area contributed by atoms with Gasteiger partial charge >= 0.3 is 0 Å². The Kier molecular flexibility index (Phi) is 2.97. The summed E-state index contributed by atoms with van der Waals surface area (Å²) in [6.45, 7) is 4.45. The predicted molar refractivity (Wildman–Crippen MR) is 77.1 cm³/mol. The molecule has 1 aromatic rings. The molecule has 1 heterocycles. The lowest BCUT2D eigenvalue weighted by Crippen LogP contribution is -2.23. The molecule has 0 amide bonds. The van der Waals surface area contributed by atoms with Gasteiger partial charge in [-0.1, -0.05) is 0 Å². The largest absolute Gasteiger partial charge is 0.317 e. The zero-order chi connectivity index (χ0) is 12.2. The highest BCUT2D eigenvalue weighted by atomic mass is 127. The van der Waals surface area contributed by atoms with Crippen molar-refractivity contribution in [2.75, 3.05) is 7.05 Å². The van der Waals surface area contributed by atoms with Crippen molar-refractivity contribution in [2.45, 2.75) is 44.7 Å². The van der Waals surface area contributed by atoms with E-state index in [2.05, 4.69) is 64.6 Å². The third kappa shape index (κ3) is 1.93. The first kappa shape index (κ1) is 12.0. The van der Waals surface area contributed by atoms with Crippen LogP contribution in [-0.4, -0.2) is 22.9 Å². The van der Waals surface area contributed by atoms with E-state index in [-0.39, 0.29) is 0 Å². The summed E-state index contributed by atoms with van der Waals surface area (Å²) >= 11 is 2.33. The maximum Gasteiger partial charge on any atom is 0.123 e. The molecule has 0 aromatic carbocycles. The Hall–Kier alpha value is -0.100. The number of rotatable bonds is 3. The van der Waals surface area contributed by atoms with Crippen LogP contribution in [0.4, 0.5) is 0 Å². The van der Waals surface area contributed by atoms with Crippen LogP contribution in [-0.2, 0) is 0 Å². The Balaban J connectivity index is 1.80. The fourth-order valence-electron chi connectivity index (χ4n) is 3.56. The van der Waals surface area contributed by atoms with Gasteiger partial charge in [0.1, 0.15) is 3.70 Å². The van der Waals surface area contributed by atoms with Gasteiger partial charge in [-0.15, -0.1) is 0 Å². The molecule has 0 aliphatic heterocycles. The molecule has 4 heteroatoms. The summed E-state index contributed by atoms with van der Waals surface area (Å²) in [6.07, 6.45) is 2.71. The molecule has 1 unspecified atom stereocenters. The van der Waals surface area contributed by atoms with E-state index in [9.17, 15) is 0 Å². The van der Waals surface area contributed by atoms with Gasteiger partial charge in [-0.2, -0.15) is 5.10 Å². The van der Waals surface area contributed by atoms with Crippen molar-refractivity contribution >= 4 is 22.6 Å². The Morgan fingerprint density at radius 3 is 2.59 bits per heavy atom. The molecule has 3 nitrogen and oxygen atoms in total. The molecule has 0 radical (unpaired) electrons. The third-order valence-electron chi connectivity index (χ3n) is 4.42. The Bertz CT molecular complexity index is 414. The number of aromatic nitrogens is 2. The lowest BCUT2D eigenvalue weighted by Gasteiger charge is -2.15. The molecule has 4 atom stereocenters. The molecule has 1 aromatic heterocycles. The fraction of sp³-hybridized carbons (Fsp3) is 0.769. The van der Waals surface area contributed by atoms with Gasteiger partial charge in [-0.05, 0) is 74.2 Å². The van der Waals surface area contributed by atoms with Crippen LogP contribution in [0.2, 0.25) is 0 Å². The zero-order valence-corrected chi connectivity index (χ0v) is 12.8. The summed E-state index contributed by atoms with van der Waals surface area (Å²) in [4.78, 5) is 0. The lowest BCUT2D eigenvalue weighted by atomic mass is 10.0. The quantitative estimate of drug-likeness (QED) is 0.854. The van der Waals surface area contributed by atoms with Crippen LogP contribution >= 0.6 is 22.6 Å². The molecule has 3 rings (SSSR count). The Labute approximate surface area is 116 Å². The number of nitrogens with one attached hydrogen (secondary N) is 1. The summed E-state index contributed by atoms with van der Waals surface area (Å²) in [5.41, 5.74) is 1.48. The summed E-state index contributed by atoms with van der Waals surface area (Å²) in [6, 6.07) is 3.53. The van der Waals surface area contributed by atoms with Gasteiger partial charge in [0, 0.05) is 23.7 Å². The molecule has 0 spiro atoms. The van der Waals surface area contributed by atoms with E-state index in [0.717, 1.165) is 27.5 Å². The minimum atomic E-state index is 0.481. The van der Waals surface area contributed by atoms with Crippen molar-refractivity contribution in [2.24, 2.45) is 11.8 Å². The lowest BCUT2D eigenvalue weighted by molar-refractivity contribution is 0.467. The van der Waals surface area contributed by atoms with Gasteiger partial charge in [-0.3, -0.25) is 4.68 Å². The summed E-state index contributed by atoms with van der Waals surface area (Å²) in [5.74, 6) is 2.62. The fourth-order valence-corrected chi connectivity index (χ4v) is 4.11. The van der Waals surface area contributed by atoms with E-state index in [1.165, 1.54) is 18.5 Å². The van der Waals surface area contributed by atoms with Crippen LogP contribution in [0.1, 0.15) is 44.3 Å². The van der Waals surface area contributed by atoms with Gasteiger partial charge in [0.05, 0.1) is 0 Å². The second kappa shape index (κ2) is 4.23. The van der Waals surface area contributed by atoms with Crippen molar-refractivity contribution in [3.8, 4) is 0 Å². The second-order valence-electron chi connectivity index (χ2n) is 5.74. The van der Waals surface area contributed by atoms with Crippen LogP contribution in [0.5, 0.6) is 0 Å². The highest BCUT2D eigenvalue weighted by Crippen LogP contribution is 2.63. The minimum absolute atomic E-state index is 0.481. The molecule has 2 saturated carbocycles. The van der Waals surface area contributed by atoms with Crippen LogP contribution in [0, 0.1) is 15.5 Å². The SMILES string of the molecule is CNC1C[C@@H]2[C@H](C1)[C@H]2c1cc(I)nn1C(C)C. The highest BCUT2D eigenvalue weighted by molar-refractivity contribution is 14.1. The van der Waals surface area contributed by atoms with Crippen LogP contribution in [0.3, 0.4) is 0 Å². The number of hydrogen-bond donors (Lipinski definition) is 1. The summed E-state index contributed by atoms with van der Waals surface area (Å²) < 4.78 is 3.38. The van der Waals surface area contributed by atoms with Gasteiger partial charge in [0.2, 0.25) is 0 Å². The van der Waals surface area contributed by atoms with Crippen LogP contribution < -0.4 is 5.32 Å². The zero-order valence-electron chi connectivity index (χ0n) is 10.7. The number of nitrogens with zero attached hydrogens (tertiary/aromatic N) is 2. The first-order valence-electron chi connectivity index (χ1n) is 6.54. The average Bonchev–Trinajstić information content (AvgIpc) is 2.66. The van der Waals surface area contributed by atoms with Crippen molar-refractivity contribution in [3.05, 3.63) is 15.5 Å². The topological polar surface area (TPSA) is 29.9 Å². The number of halogens is 1. The number of fused-ring (bicyclic) bond motifs is 1. The van der Waals surface area contributed by atoms with Gasteiger partial charge in [0.15, 0.2) is 0 Å². The first-order chi connectivity index (χ1) is 8.11. The maximum absolute atomic E-state index is 4.63.